The lowest BCUT2D eigenvalue weighted by molar-refractivity contribution is 0.0879. The summed E-state index contributed by atoms with van der Waals surface area (Å²) in [6, 6.07) is 0.659. The predicted molar refractivity (Wildman–Crippen MR) is 76.6 cm³/mol. The van der Waals surface area contributed by atoms with Crippen molar-refractivity contribution in [2.75, 3.05) is 19.6 Å². The lowest BCUT2D eigenvalue weighted by Crippen LogP contribution is -2.62. The van der Waals surface area contributed by atoms with Crippen LogP contribution in [0, 0.1) is 0 Å². The smallest absolute Gasteiger partial charge is 0.0278 e. The Hall–Kier alpha value is -0.0500. The molecular formula is C14H27ClN2. The van der Waals surface area contributed by atoms with Crippen LogP contribution in [0.1, 0.15) is 47.0 Å². The van der Waals surface area contributed by atoms with E-state index in [1.807, 2.05) is 0 Å². The van der Waals surface area contributed by atoms with Crippen molar-refractivity contribution in [2.24, 2.45) is 0 Å². The molecule has 0 radical (unpaired) electrons. The number of nitrogens with zero attached hydrogens (tertiary/aromatic N) is 1. The van der Waals surface area contributed by atoms with Gasteiger partial charge >= 0.3 is 0 Å². The molecule has 0 bridgehead atoms. The van der Waals surface area contributed by atoms with Gasteiger partial charge in [-0.15, -0.1) is 0 Å². The van der Waals surface area contributed by atoms with Crippen LogP contribution in [0.2, 0.25) is 0 Å². The first-order valence-corrected chi connectivity index (χ1v) is 7.23. The lowest BCUT2D eigenvalue weighted by atomic mass is 9.92. The van der Waals surface area contributed by atoms with E-state index >= 15 is 0 Å². The van der Waals surface area contributed by atoms with Crippen LogP contribution in [0.3, 0.4) is 0 Å². The molecule has 0 aromatic rings. The van der Waals surface area contributed by atoms with Gasteiger partial charge in [0.15, 0.2) is 0 Å². The van der Waals surface area contributed by atoms with Crippen LogP contribution in [-0.2, 0) is 0 Å². The number of halogens is 1. The second-order valence-corrected chi connectivity index (χ2v) is 5.82. The van der Waals surface area contributed by atoms with E-state index < -0.39 is 0 Å². The minimum Gasteiger partial charge on any atom is -0.309 e. The average molecular weight is 259 g/mol. The number of hydrogen-bond acceptors (Lipinski definition) is 2. The molecule has 100 valence electrons. The summed E-state index contributed by atoms with van der Waals surface area (Å²) in [5.41, 5.74) is 3.23. The molecule has 17 heavy (non-hydrogen) atoms. The molecule has 2 unspecified atom stereocenters. The van der Waals surface area contributed by atoms with Gasteiger partial charge in [0.25, 0.3) is 0 Å². The van der Waals surface area contributed by atoms with Crippen LogP contribution in [0.25, 0.3) is 0 Å². The van der Waals surface area contributed by atoms with Crippen LogP contribution < -0.4 is 5.32 Å². The molecule has 0 aliphatic carbocycles. The van der Waals surface area contributed by atoms with Crippen LogP contribution in [-0.4, -0.2) is 36.1 Å². The molecule has 0 spiro atoms. The molecule has 0 aromatic heterocycles. The molecule has 1 aliphatic heterocycles. The third kappa shape index (κ3) is 4.27. The highest BCUT2D eigenvalue weighted by molar-refractivity contribution is 6.25. The SMILES string of the molecule is CCCC1CNC(C)(CC)CN1CC(C)=CCl. The first-order valence-electron chi connectivity index (χ1n) is 6.79. The summed E-state index contributed by atoms with van der Waals surface area (Å²) >= 11 is 5.80. The third-order valence-electron chi connectivity index (χ3n) is 3.87. The summed E-state index contributed by atoms with van der Waals surface area (Å²) in [7, 11) is 0. The summed E-state index contributed by atoms with van der Waals surface area (Å²) in [4.78, 5) is 2.59. The van der Waals surface area contributed by atoms with Gasteiger partial charge in [-0.05, 0) is 32.3 Å². The molecule has 2 atom stereocenters. The van der Waals surface area contributed by atoms with Gasteiger partial charge in [-0.25, -0.2) is 0 Å². The van der Waals surface area contributed by atoms with E-state index in [0.29, 0.717) is 6.04 Å². The monoisotopic (exact) mass is 258 g/mol. The van der Waals surface area contributed by atoms with Gasteiger partial charge in [-0.2, -0.15) is 0 Å². The van der Waals surface area contributed by atoms with E-state index in [4.69, 9.17) is 11.6 Å². The zero-order valence-corrected chi connectivity index (χ0v) is 12.5. The minimum absolute atomic E-state index is 0.261. The highest BCUT2D eigenvalue weighted by Gasteiger charge is 2.33. The Morgan fingerprint density at radius 3 is 2.76 bits per heavy atom. The highest BCUT2D eigenvalue weighted by Crippen LogP contribution is 2.22. The second-order valence-electron chi connectivity index (χ2n) is 5.60. The molecular weight excluding hydrogens is 232 g/mol. The molecule has 1 rings (SSSR count). The van der Waals surface area contributed by atoms with Gasteiger partial charge < -0.3 is 5.32 Å². The van der Waals surface area contributed by atoms with Gasteiger partial charge in [0, 0.05) is 36.8 Å². The van der Waals surface area contributed by atoms with E-state index in [9.17, 15) is 0 Å². The summed E-state index contributed by atoms with van der Waals surface area (Å²) in [6.07, 6.45) is 3.68. The molecule has 2 nitrogen and oxygen atoms in total. The molecule has 1 fully saturated rings. The fraction of sp³-hybridized carbons (Fsp3) is 0.857. The first kappa shape index (κ1) is 15.0. The van der Waals surface area contributed by atoms with E-state index in [0.717, 1.165) is 19.6 Å². The molecule has 1 heterocycles. The maximum absolute atomic E-state index is 5.80. The Morgan fingerprint density at radius 1 is 1.53 bits per heavy atom. The normalized spacial score (nSPS) is 31.8. The molecule has 1 aliphatic rings. The summed E-state index contributed by atoms with van der Waals surface area (Å²) in [5, 5.41) is 3.71. The molecule has 1 N–H and O–H groups in total. The Morgan fingerprint density at radius 2 is 2.24 bits per heavy atom. The average Bonchev–Trinajstić information content (AvgIpc) is 2.33. The summed E-state index contributed by atoms with van der Waals surface area (Å²) in [5.74, 6) is 0. The van der Waals surface area contributed by atoms with E-state index in [2.05, 4.69) is 37.9 Å². The highest BCUT2D eigenvalue weighted by atomic mass is 35.5. The van der Waals surface area contributed by atoms with Crippen LogP contribution in [0.5, 0.6) is 0 Å². The van der Waals surface area contributed by atoms with Crippen molar-refractivity contribution >= 4 is 11.6 Å². The van der Waals surface area contributed by atoms with Crippen molar-refractivity contribution in [3.8, 4) is 0 Å². The lowest BCUT2D eigenvalue weighted by Gasteiger charge is -2.46. The number of piperazine rings is 1. The Balaban J connectivity index is 2.69. The van der Waals surface area contributed by atoms with Crippen molar-refractivity contribution in [3.63, 3.8) is 0 Å². The third-order valence-corrected chi connectivity index (χ3v) is 4.25. The summed E-state index contributed by atoms with van der Waals surface area (Å²) < 4.78 is 0. The van der Waals surface area contributed by atoms with Crippen LogP contribution in [0.15, 0.2) is 11.1 Å². The molecule has 0 saturated carbocycles. The molecule has 3 heteroatoms. The standard InChI is InChI=1S/C14H27ClN2/c1-5-7-13-9-16-14(4,6-2)11-17(13)10-12(3)8-15/h8,13,16H,5-7,9-11H2,1-4H3. The van der Waals surface area contributed by atoms with E-state index in [-0.39, 0.29) is 5.54 Å². The van der Waals surface area contributed by atoms with E-state index in [1.54, 1.807) is 5.54 Å². The van der Waals surface area contributed by atoms with E-state index in [1.165, 1.54) is 24.8 Å². The van der Waals surface area contributed by atoms with Crippen molar-refractivity contribution in [3.05, 3.63) is 11.1 Å². The van der Waals surface area contributed by atoms with Gasteiger partial charge in [-0.3, -0.25) is 4.90 Å². The first-order chi connectivity index (χ1) is 8.04. The maximum Gasteiger partial charge on any atom is 0.0278 e. The van der Waals surface area contributed by atoms with Crippen molar-refractivity contribution in [1.29, 1.82) is 0 Å². The Kier molecular flexibility index (Phi) is 5.98. The van der Waals surface area contributed by atoms with Crippen molar-refractivity contribution in [2.45, 2.75) is 58.5 Å². The van der Waals surface area contributed by atoms with Crippen molar-refractivity contribution < 1.29 is 0 Å². The van der Waals surface area contributed by atoms with Crippen molar-refractivity contribution in [1.82, 2.24) is 10.2 Å². The fourth-order valence-corrected chi connectivity index (χ4v) is 2.59. The maximum atomic E-state index is 5.80. The topological polar surface area (TPSA) is 15.3 Å². The number of nitrogens with one attached hydrogen (secondary N) is 1. The van der Waals surface area contributed by atoms with Gasteiger partial charge in [0.05, 0.1) is 0 Å². The predicted octanol–water partition coefficient (Wildman–Crippen LogP) is 3.37. The Bertz CT molecular complexity index is 265. The van der Waals surface area contributed by atoms with Gasteiger partial charge in [0.2, 0.25) is 0 Å². The van der Waals surface area contributed by atoms with Gasteiger partial charge in [-0.1, -0.05) is 31.9 Å². The summed E-state index contributed by atoms with van der Waals surface area (Å²) in [6.45, 7) is 12.2. The zero-order chi connectivity index (χ0) is 12.9. The Labute approximate surface area is 111 Å². The largest absolute Gasteiger partial charge is 0.309 e. The number of hydrogen-bond donors (Lipinski definition) is 1. The second kappa shape index (κ2) is 6.77. The molecule has 0 aromatic carbocycles. The number of rotatable bonds is 5. The van der Waals surface area contributed by atoms with Crippen LogP contribution >= 0.6 is 11.6 Å². The minimum atomic E-state index is 0.261. The molecule has 1 saturated heterocycles. The van der Waals surface area contributed by atoms with Crippen LogP contribution in [0.4, 0.5) is 0 Å². The quantitative estimate of drug-likeness (QED) is 0.814. The zero-order valence-electron chi connectivity index (χ0n) is 11.7. The van der Waals surface area contributed by atoms with Gasteiger partial charge in [0.1, 0.15) is 0 Å². The fourth-order valence-electron chi connectivity index (χ4n) is 2.52. The molecule has 0 amide bonds.